The van der Waals surface area contributed by atoms with Crippen molar-refractivity contribution in [3.63, 3.8) is 0 Å². The number of pyridine rings is 1. The van der Waals surface area contributed by atoms with Gasteiger partial charge in [-0.15, -0.1) is 10.2 Å². The summed E-state index contributed by atoms with van der Waals surface area (Å²) in [4.78, 5) is 16.1. The smallest absolute Gasteiger partial charge is 0.253 e. The maximum Gasteiger partial charge on any atom is 0.253 e. The van der Waals surface area contributed by atoms with Gasteiger partial charge in [0, 0.05) is 38.0 Å². The zero-order chi connectivity index (χ0) is 17.8. The molecule has 1 aliphatic carbocycles. The second-order valence-corrected chi connectivity index (χ2v) is 6.44. The van der Waals surface area contributed by atoms with E-state index in [0.29, 0.717) is 29.6 Å². The fourth-order valence-electron chi connectivity index (χ4n) is 2.95. The first-order valence-electron chi connectivity index (χ1n) is 8.05. The van der Waals surface area contributed by atoms with Gasteiger partial charge < -0.3 is 19.7 Å². The van der Waals surface area contributed by atoms with E-state index in [1.165, 1.54) is 12.4 Å². The normalized spacial score (nSPS) is 19.5. The van der Waals surface area contributed by atoms with Crippen molar-refractivity contribution in [1.29, 1.82) is 0 Å². The Labute approximate surface area is 150 Å². The van der Waals surface area contributed by atoms with Gasteiger partial charge in [-0.2, -0.15) is 0 Å². The van der Waals surface area contributed by atoms with Crippen LogP contribution in [0.5, 0.6) is 0 Å². The Morgan fingerprint density at radius 2 is 2.24 bits per heavy atom. The van der Waals surface area contributed by atoms with Crippen LogP contribution in [0.25, 0.3) is 0 Å². The largest absolute Gasteiger partial charge is 0.388 e. The minimum atomic E-state index is -0.185. The summed E-state index contributed by atoms with van der Waals surface area (Å²) in [6.07, 6.45) is 4.53. The minimum Gasteiger partial charge on any atom is -0.388 e. The Morgan fingerprint density at radius 3 is 2.92 bits per heavy atom. The Kier molecular flexibility index (Phi) is 5.62. The van der Waals surface area contributed by atoms with Crippen molar-refractivity contribution in [1.82, 2.24) is 25.1 Å². The van der Waals surface area contributed by atoms with Crippen molar-refractivity contribution in [3.8, 4) is 0 Å². The van der Waals surface area contributed by atoms with E-state index in [1.54, 1.807) is 13.2 Å². The molecule has 134 valence electrons. The Balaban J connectivity index is 1.59. The fraction of sp³-hybridized carbons (Fsp3) is 0.500. The van der Waals surface area contributed by atoms with E-state index in [0.717, 1.165) is 18.7 Å². The van der Waals surface area contributed by atoms with Crippen LogP contribution in [0.1, 0.15) is 40.8 Å². The summed E-state index contributed by atoms with van der Waals surface area (Å²) < 4.78 is 7.00. The summed E-state index contributed by atoms with van der Waals surface area (Å²) in [5.74, 6) is 1.38. The lowest BCUT2D eigenvalue weighted by Gasteiger charge is -2.35. The molecule has 1 amide bonds. The molecule has 0 spiro atoms. The molecule has 0 atom stereocenters. The molecule has 3 rings (SSSR count). The number of nitrogens with one attached hydrogen (secondary N) is 1. The summed E-state index contributed by atoms with van der Waals surface area (Å²) in [5, 5.41) is 21.0. The van der Waals surface area contributed by atoms with Gasteiger partial charge in [0.05, 0.1) is 17.2 Å². The van der Waals surface area contributed by atoms with Crippen LogP contribution >= 0.6 is 11.6 Å². The van der Waals surface area contributed by atoms with E-state index >= 15 is 0 Å². The molecule has 2 aromatic heterocycles. The van der Waals surface area contributed by atoms with E-state index < -0.39 is 0 Å². The van der Waals surface area contributed by atoms with Crippen molar-refractivity contribution < 1.29 is 14.6 Å². The number of aliphatic hydroxyl groups excluding tert-OH is 1. The Morgan fingerprint density at radius 1 is 1.44 bits per heavy atom. The molecule has 2 N–H and O–H groups in total. The van der Waals surface area contributed by atoms with Crippen LogP contribution in [-0.4, -0.2) is 50.5 Å². The molecule has 0 saturated heterocycles. The molecule has 2 heterocycles. The van der Waals surface area contributed by atoms with Crippen LogP contribution in [0.2, 0.25) is 5.02 Å². The highest BCUT2D eigenvalue weighted by atomic mass is 35.5. The number of aliphatic hydroxyl groups is 1. The maximum atomic E-state index is 12.2. The third-order valence-corrected chi connectivity index (χ3v) is 4.53. The second kappa shape index (κ2) is 7.90. The van der Waals surface area contributed by atoms with Crippen LogP contribution in [-0.2, 0) is 17.9 Å². The van der Waals surface area contributed by atoms with Crippen molar-refractivity contribution in [3.05, 3.63) is 40.7 Å². The van der Waals surface area contributed by atoms with Gasteiger partial charge >= 0.3 is 0 Å². The van der Waals surface area contributed by atoms with Crippen molar-refractivity contribution in [2.75, 3.05) is 13.7 Å². The lowest BCUT2D eigenvalue weighted by atomic mass is 9.79. The molecular weight excluding hydrogens is 346 g/mol. The van der Waals surface area contributed by atoms with Gasteiger partial charge in [0.2, 0.25) is 0 Å². The van der Waals surface area contributed by atoms with E-state index in [-0.39, 0.29) is 24.5 Å². The molecule has 2 aromatic rings. The number of nitrogens with zero attached hydrogens (tertiary/aromatic N) is 4. The number of aromatic nitrogens is 4. The molecule has 1 aliphatic rings. The molecule has 25 heavy (non-hydrogen) atoms. The highest BCUT2D eigenvalue weighted by Crippen LogP contribution is 2.36. The zero-order valence-corrected chi connectivity index (χ0v) is 14.6. The van der Waals surface area contributed by atoms with Crippen LogP contribution in [0.3, 0.4) is 0 Å². The third kappa shape index (κ3) is 3.97. The van der Waals surface area contributed by atoms with Crippen LogP contribution in [0.4, 0.5) is 0 Å². The summed E-state index contributed by atoms with van der Waals surface area (Å²) in [6, 6.07) is 1.66. The predicted molar refractivity (Wildman–Crippen MR) is 90.3 cm³/mol. The molecule has 9 heteroatoms. The average Bonchev–Trinajstić information content (AvgIpc) is 2.97. The van der Waals surface area contributed by atoms with Gasteiger partial charge in [-0.1, -0.05) is 11.6 Å². The SMILES string of the molecule is COCCn1c(CO)nnc1C1CC(NC(=O)c2cncc(Cl)c2)C1. The molecule has 0 radical (unpaired) electrons. The Hall–Kier alpha value is -2.03. The molecule has 1 fully saturated rings. The molecule has 0 aliphatic heterocycles. The third-order valence-electron chi connectivity index (χ3n) is 4.32. The van der Waals surface area contributed by atoms with Gasteiger partial charge in [-0.05, 0) is 18.9 Å². The van der Waals surface area contributed by atoms with Gasteiger partial charge in [0.25, 0.3) is 5.91 Å². The van der Waals surface area contributed by atoms with E-state index in [9.17, 15) is 9.90 Å². The standard InChI is InChI=1S/C16H20ClN5O3/c1-25-3-2-22-14(9-23)20-21-15(22)10-5-13(6-10)19-16(24)11-4-12(17)8-18-7-11/h4,7-8,10,13,23H,2-3,5-6,9H2,1H3,(H,19,24). The summed E-state index contributed by atoms with van der Waals surface area (Å²) in [6.45, 7) is 0.953. The number of methoxy groups -OCH3 is 1. The van der Waals surface area contributed by atoms with Crippen molar-refractivity contribution in [2.24, 2.45) is 0 Å². The number of carbonyl (C=O) groups excluding carboxylic acids is 1. The minimum absolute atomic E-state index is 0.0710. The second-order valence-electron chi connectivity index (χ2n) is 6.01. The van der Waals surface area contributed by atoms with Gasteiger partial charge in [0.15, 0.2) is 5.82 Å². The van der Waals surface area contributed by atoms with E-state index in [1.807, 2.05) is 4.57 Å². The number of ether oxygens (including phenoxy) is 1. The van der Waals surface area contributed by atoms with Crippen LogP contribution in [0.15, 0.2) is 18.5 Å². The van der Waals surface area contributed by atoms with Crippen LogP contribution in [0, 0.1) is 0 Å². The van der Waals surface area contributed by atoms with Gasteiger partial charge in [-0.25, -0.2) is 0 Å². The lowest BCUT2D eigenvalue weighted by molar-refractivity contribution is 0.0906. The number of amides is 1. The van der Waals surface area contributed by atoms with Crippen molar-refractivity contribution >= 4 is 17.5 Å². The first kappa shape index (κ1) is 17.8. The number of carbonyl (C=O) groups is 1. The van der Waals surface area contributed by atoms with E-state index in [4.69, 9.17) is 16.3 Å². The molecule has 0 bridgehead atoms. The summed E-state index contributed by atoms with van der Waals surface area (Å²) in [5.41, 5.74) is 0.446. The number of rotatable bonds is 7. The lowest BCUT2D eigenvalue weighted by Crippen LogP contribution is -2.44. The summed E-state index contributed by atoms with van der Waals surface area (Å²) >= 11 is 5.86. The molecule has 0 unspecified atom stereocenters. The number of hydrogen-bond acceptors (Lipinski definition) is 6. The Bertz CT molecular complexity index is 745. The highest BCUT2D eigenvalue weighted by molar-refractivity contribution is 6.30. The predicted octanol–water partition coefficient (Wildman–Crippen LogP) is 1.14. The van der Waals surface area contributed by atoms with Crippen molar-refractivity contribution in [2.45, 2.75) is 38.0 Å². The highest BCUT2D eigenvalue weighted by Gasteiger charge is 2.35. The monoisotopic (exact) mass is 365 g/mol. The van der Waals surface area contributed by atoms with Gasteiger partial charge in [0.1, 0.15) is 12.4 Å². The average molecular weight is 366 g/mol. The summed E-state index contributed by atoms with van der Waals surface area (Å²) in [7, 11) is 1.63. The fourth-order valence-corrected chi connectivity index (χ4v) is 3.12. The molecule has 1 saturated carbocycles. The quantitative estimate of drug-likeness (QED) is 0.762. The van der Waals surface area contributed by atoms with Gasteiger partial charge in [-0.3, -0.25) is 9.78 Å². The first-order chi connectivity index (χ1) is 12.1. The molecule has 8 nitrogen and oxygen atoms in total. The molecular formula is C16H20ClN5O3. The first-order valence-corrected chi connectivity index (χ1v) is 8.43. The van der Waals surface area contributed by atoms with Crippen LogP contribution < -0.4 is 5.32 Å². The number of halogens is 1. The molecule has 0 aromatic carbocycles. The number of hydrogen-bond donors (Lipinski definition) is 2. The van der Waals surface area contributed by atoms with E-state index in [2.05, 4.69) is 20.5 Å². The zero-order valence-electron chi connectivity index (χ0n) is 13.9. The topological polar surface area (TPSA) is 102 Å². The maximum absolute atomic E-state index is 12.2.